The van der Waals surface area contributed by atoms with Gasteiger partial charge in [-0.25, -0.2) is 4.79 Å². The van der Waals surface area contributed by atoms with E-state index in [4.69, 9.17) is 9.84 Å². The van der Waals surface area contributed by atoms with Crippen molar-refractivity contribution in [3.8, 4) is 0 Å². The van der Waals surface area contributed by atoms with E-state index in [1.54, 1.807) is 0 Å². The first-order chi connectivity index (χ1) is 6.45. The van der Waals surface area contributed by atoms with Crippen molar-refractivity contribution in [1.82, 2.24) is 0 Å². The van der Waals surface area contributed by atoms with Gasteiger partial charge in [0.25, 0.3) is 5.79 Å². The number of rotatable bonds is 2. The van der Waals surface area contributed by atoms with Gasteiger partial charge in [0.15, 0.2) is 0 Å². The standard InChI is InChI=1S/C8H14O6/c1-4-5(9)3-14-8(13-2,6(4)10)7(11)12/h4-6,9-10H,3H2,1-2H3,(H,11,12)/t4-,5?,6?,8?/m1/s1. The number of carboxylic acid groups (broad SMARTS) is 1. The van der Waals surface area contributed by atoms with Gasteiger partial charge in [-0.05, 0) is 0 Å². The van der Waals surface area contributed by atoms with Crippen LogP contribution in [0.1, 0.15) is 6.92 Å². The second kappa shape index (κ2) is 3.82. The minimum absolute atomic E-state index is 0.168. The third-order valence-electron chi connectivity index (χ3n) is 2.56. The van der Waals surface area contributed by atoms with Crippen molar-refractivity contribution in [2.45, 2.75) is 24.9 Å². The molecule has 1 heterocycles. The minimum Gasteiger partial charge on any atom is -0.477 e. The lowest BCUT2D eigenvalue weighted by Crippen LogP contribution is -2.62. The number of methoxy groups -OCH3 is 1. The molecule has 0 bridgehead atoms. The fourth-order valence-corrected chi connectivity index (χ4v) is 1.46. The molecule has 82 valence electrons. The van der Waals surface area contributed by atoms with Gasteiger partial charge in [0, 0.05) is 13.0 Å². The molecule has 3 N–H and O–H groups in total. The van der Waals surface area contributed by atoms with Crippen molar-refractivity contribution >= 4 is 5.97 Å². The number of carbonyl (C=O) groups is 1. The van der Waals surface area contributed by atoms with Crippen LogP contribution in [0.15, 0.2) is 0 Å². The van der Waals surface area contributed by atoms with Crippen LogP contribution in [0.5, 0.6) is 0 Å². The van der Waals surface area contributed by atoms with Crippen LogP contribution in [-0.2, 0) is 14.3 Å². The topological polar surface area (TPSA) is 96.2 Å². The van der Waals surface area contributed by atoms with Crippen molar-refractivity contribution in [2.24, 2.45) is 5.92 Å². The summed E-state index contributed by atoms with van der Waals surface area (Å²) in [6.45, 7) is 1.37. The summed E-state index contributed by atoms with van der Waals surface area (Å²) in [4.78, 5) is 10.9. The summed E-state index contributed by atoms with van der Waals surface area (Å²) in [5.74, 6) is -4.07. The number of hydrogen-bond acceptors (Lipinski definition) is 5. The predicted octanol–water partition coefficient (Wildman–Crippen LogP) is -1.20. The second-order valence-electron chi connectivity index (χ2n) is 3.36. The minimum atomic E-state index is -2.06. The van der Waals surface area contributed by atoms with Crippen molar-refractivity contribution < 1.29 is 29.6 Å². The van der Waals surface area contributed by atoms with E-state index in [0.717, 1.165) is 7.11 Å². The van der Waals surface area contributed by atoms with Gasteiger partial charge in [0.2, 0.25) is 0 Å². The van der Waals surface area contributed by atoms with E-state index in [0.29, 0.717) is 0 Å². The Labute approximate surface area is 81.1 Å². The van der Waals surface area contributed by atoms with E-state index in [1.165, 1.54) is 6.92 Å². The van der Waals surface area contributed by atoms with Crippen LogP contribution >= 0.6 is 0 Å². The van der Waals surface area contributed by atoms with Gasteiger partial charge in [-0.3, -0.25) is 0 Å². The molecule has 6 heteroatoms. The summed E-state index contributed by atoms with van der Waals surface area (Å²) >= 11 is 0. The fraction of sp³-hybridized carbons (Fsp3) is 0.875. The lowest BCUT2D eigenvalue weighted by molar-refractivity contribution is -0.310. The predicted molar refractivity (Wildman–Crippen MR) is 44.5 cm³/mol. The Morgan fingerprint density at radius 3 is 2.57 bits per heavy atom. The number of aliphatic carboxylic acids is 1. The molecule has 0 amide bonds. The normalized spacial score (nSPS) is 43.6. The van der Waals surface area contributed by atoms with E-state index in [9.17, 15) is 15.0 Å². The number of aliphatic hydroxyl groups is 2. The number of hydrogen-bond donors (Lipinski definition) is 3. The third kappa shape index (κ3) is 1.50. The summed E-state index contributed by atoms with van der Waals surface area (Å²) in [5, 5.41) is 27.8. The molecule has 0 aromatic heterocycles. The zero-order valence-electron chi connectivity index (χ0n) is 8.01. The average molecular weight is 206 g/mol. The van der Waals surface area contributed by atoms with Gasteiger partial charge >= 0.3 is 5.97 Å². The van der Waals surface area contributed by atoms with Crippen molar-refractivity contribution in [1.29, 1.82) is 0 Å². The van der Waals surface area contributed by atoms with Crippen LogP contribution in [0, 0.1) is 5.92 Å². The Morgan fingerprint density at radius 1 is 1.57 bits per heavy atom. The van der Waals surface area contributed by atoms with Gasteiger partial charge in [-0.1, -0.05) is 6.92 Å². The molecule has 1 aliphatic heterocycles. The fourth-order valence-electron chi connectivity index (χ4n) is 1.46. The molecule has 1 fully saturated rings. The van der Waals surface area contributed by atoms with Gasteiger partial charge < -0.3 is 24.8 Å². The first kappa shape index (κ1) is 11.4. The summed E-state index contributed by atoms with van der Waals surface area (Å²) in [5.41, 5.74) is 0. The highest BCUT2D eigenvalue weighted by Gasteiger charge is 2.54. The number of ether oxygens (including phenoxy) is 2. The Bertz CT molecular complexity index is 230. The third-order valence-corrected chi connectivity index (χ3v) is 2.56. The lowest BCUT2D eigenvalue weighted by atomic mass is 9.89. The molecule has 1 rings (SSSR count). The van der Waals surface area contributed by atoms with Gasteiger partial charge in [-0.2, -0.15) is 0 Å². The van der Waals surface area contributed by atoms with Crippen LogP contribution in [0.25, 0.3) is 0 Å². The molecule has 0 spiro atoms. The van der Waals surface area contributed by atoms with E-state index in [2.05, 4.69) is 4.74 Å². The molecule has 0 aromatic carbocycles. The molecular weight excluding hydrogens is 192 g/mol. The molecule has 14 heavy (non-hydrogen) atoms. The van der Waals surface area contributed by atoms with E-state index < -0.39 is 29.9 Å². The largest absolute Gasteiger partial charge is 0.477 e. The first-order valence-electron chi connectivity index (χ1n) is 4.24. The van der Waals surface area contributed by atoms with E-state index in [1.807, 2.05) is 0 Å². The molecule has 3 unspecified atom stereocenters. The monoisotopic (exact) mass is 206 g/mol. The number of carboxylic acids is 1. The Morgan fingerprint density at radius 2 is 2.14 bits per heavy atom. The van der Waals surface area contributed by atoms with Gasteiger partial charge in [-0.15, -0.1) is 0 Å². The molecule has 6 nitrogen and oxygen atoms in total. The van der Waals surface area contributed by atoms with Gasteiger partial charge in [0.1, 0.15) is 6.10 Å². The Hall–Kier alpha value is -0.690. The van der Waals surface area contributed by atoms with Crippen molar-refractivity contribution in [3.63, 3.8) is 0 Å². The number of aliphatic hydroxyl groups excluding tert-OH is 2. The quantitative estimate of drug-likeness (QED) is 0.525. The van der Waals surface area contributed by atoms with E-state index in [-0.39, 0.29) is 6.61 Å². The van der Waals surface area contributed by atoms with Crippen LogP contribution in [-0.4, -0.2) is 53.0 Å². The van der Waals surface area contributed by atoms with Crippen molar-refractivity contribution in [3.05, 3.63) is 0 Å². The molecule has 0 aliphatic carbocycles. The highest BCUT2D eigenvalue weighted by molar-refractivity contribution is 5.76. The van der Waals surface area contributed by atoms with Crippen molar-refractivity contribution in [2.75, 3.05) is 13.7 Å². The summed E-state index contributed by atoms with van der Waals surface area (Å²) in [7, 11) is 1.14. The smallest absolute Gasteiger partial charge is 0.367 e. The van der Waals surface area contributed by atoms with Crippen LogP contribution in [0.3, 0.4) is 0 Å². The summed E-state index contributed by atoms with van der Waals surface area (Å²) in [6.07, 6.45) is -2.28. The lowest BCUT2D eigenvalue weighted by Gasteiger charge is -2.41. The molecule has 1 saturated heterocycles. The van der Waals surface area contributed by atoms with E-state index >= 15 is 0 Å². The second-order valence-corrected chi connectivity index (χ2v) is 3.36. The van der Waals surface area contributed by atoms with Crippen LogP contribution in [0.2, 0.25) is 0 Å². The van der Waals surface area contributed by atoms with Crippen LogP contribution < -0.4 is 0 Å². The summed E-state index contributed by atoms with van der Waals surface area (Å²) < 4.78 is 9.54. The average Bonchev–Trinajstić information content (AvgIpc) is 2.15. The van der Waals surface area contributed by atoms with Crippen LogP contribution in [0.4, 0.5) is 0 Å². The molecular formula is C8H14O6. The zero-order chi connectivity index (χ0) is 10.9. The Kier molecular flexibility index (Phi) is 3.10. The molecule has 0 aromatic rings. The molecule has 4 atom stereocenters. The molecule has 0 saturated carbocycles. The maximum absolute atomic E-state index is 10.9. The Balaban J connectivity index is 2.93. The molecule has 1 aliphatic rings. The first-order valence-corrected chi connectivity index (χ1v) is 4.24. The maximum Gasteiger partial charge on any atom is 0.367 e. The maximum atomic E-state index is 10.9. The SMILES string of the molecule is COC1(C(=O)O)OCC(O)[C@@H](C)C1O. The summed E-state index contributed by atoms with van der Waals surface area (Å²) in [6, 6.07) is 0. The molecule has 0 radical (unpaired) electrons. The zero-order valence-corrected chi connectivity index (χ0v) is 8.01. The van der Waals surface area contributed by atoms with Gasteiger partial charge in [0.05, 0.1) is 12.7 Å². The highest BCUT2D eigenvalue weighted by Crippen LogP contribution is 2.30. The highest BCUT2D eigenvalue weighted by atomic mass is 16.7.